The molecule has 0 aromatic heterocycles. The lowest BCUT2D eigenvalue weighted by atomic mass is 10.2. The first-order chi connectivity index (χ1) is 7.79. The molecule has 5 nitrogen and oxygen atoms in total. The fourth-order valence-corrected chi connectivity index (χ4v) is 1.90. The number of nitrogens with one attached hydrogen (secondary N) is 1. The fourth-order valence-electron chi connectivity index (χ4n) is 1.90. The van der Waals surface area contributed by atoms with E-state index < -0.39 is 5.60 Å². The summed E-state index contributed by atoms with van der Waals surface area (Å²) >= 11 is 0. The van der Waals surface area contributed by atoms with Crippen molar-refractivity contribution in [2.24, 2.45) is 0 Å². The normalized spacial score (nSPS) is 21.1. The van der Waals surface area contributed by atoms with Crippen LogP contribution in [0.15, 0.2) is 0 Å². The molecule has 1 atom stereocenters. The molecule has 0 bridgehead atoms. The average Bonchev–Trinajstić information content (AvgIpc) is 2.59. The third-order valence-corrected chi connectivity index (χ3v) is 2.65. The van der Waals surface area contributed by atoms with Crippen LogP contribution in [0.2, 0.25) is 0 Å². The van der Waals surface area contributed by atoms with Gasteiger partial charge in [-0.3, -0.25) is 10.4 Å². The Morgan fingerprint density at radius 3 is 2.65 bits per heavy atom. The maximum absolute atomic E-state index is 12.0. The van der Waals surface area contributed by atoms with Crippen molar-refractivity contribution >= 4 is 6.09 Å². The van der Waals surface area contributed by atoms with Crippen molar-refractivity contribution in [3.63, 3.8) is 0 Å². The third-order valence-electron chi connectivity index (χ3n) is 2.65. The highest BCUT2D eigenvalue weighted by Crippen LogP contribution is 2.20. The van der Waals surface area contributed by atoms with E-state index >= 15 is 0 Å². The van der Waals surface area contributed by atoms with Crippen LogP contribution in [-0.2, 0) is 4.74 Å². The summed E-state index contributed by atoms with van der Waals surface area (Å²) in [5, 5.41) is 1.91. The van der Waals surface area contributed by atoms with Crippen LogP contribution in [0.3, 0.4) is 0 Å². The minimum absolute atomic E-state index is 0.194. The summed E-state index contributed by atoms with van der Waals surface area (Å²) in [6.07, 6.45) is 1.90. The second-order valence-corrected chi connectivity index (χ2v) is 5.73. The van der Waals surface area contributed by atoms with Crippen LogP contribution in [0.1, 0.15) is 33.6 Å². The standard InChI is InChI=1S/C12H25N3O2/c1-12(2,3)17-11(16)15-8-6-7-10(15)9-13-14(4)5/h10,13H,6-9H2,1-5H3. The van der Waals surface area contributed by atoms with Gasteiger partial charge in [0.05, 0.1) is 0 Å². The molecule has 0 aromatic rings. The van der Waals surface area contributed by atoms with Gasteiger partial charge in [0.2, 0.25) is 0 Å². The summed E-state index contributed by atoms with van der Waals surface area (Å²) in [4.78, 5) is 13.8. The number of ether oxygens (including phenoxy) is 1. The third kappa shape index (κ3) is 4.91. The zero-order valence-corrected chi connectivity index (χ0v) is 11.6. The first-order valence-corrected chi connectivity index (χ1v) is 6.20. The summed E-state index contributed by atoms with van der Waals surface area (Å²) in [6.45, 7) is 7.27. The van der Waals surface area contributed by atoms with Gasteiger partial charge in [0.25, 0.3) is 0 Å². The Morgan fingerprint density at radius 2 is 2.12 bits per heavy atom. The highest BCUT2D eigenvalue weighted by Gasteiger charge is 2.31. The van der Waals surface area contributed by atoms with Gasteiger partial charge in [-0.2, -0.15) is 0 Å². The highest BCUT2D eigenvalue weighted by molar-refractivity contribution is 5.69. The van der Waals surface area contributed by atoms with E-state index in [1.165, 1.54) is 0 Å². The maximum atomic E-state index is 12.0. The highest BCUT2D eigenvalue weighted by atomic mass is 16.6. The second-order valence-electron chi connectivity index (χ2n) is 5.73. The van der Waals surface area contributed by atoms with Crippen molar-refractivity contribution in [3.05, 3.63) is 0 Å². The number of hydrazine groups is 1. The smallest absolute Gasteiger partial charge is 0.410 e. The van der Waals surface area contributed by atoms with Gasteiger partial charge in [0, 0.05) is 33.2 Å². The Morgan fingerprint density at radius 1 is 1.47 bits per heavy atom. The first-order valence-electron chi connectivity index (χ1n) is 6.20. The van der Waals surface area contributed by atoms with E-state index in [1.54, 1.807) is 0 Å². The Kier molecular flexibility index (Phi) is 4.77. The molecule has 100 valence electrons. The number of rotatable bonds is 3. The molecule has 0 spiro atoms. The molecule has 1 amide bonds. The van der Waals surface area contributed by atoms with Crippen molar-refractivity contribution in [1.29, 1.82) is 0 Å². The molecule has 1 saturated heterocycles. The van der Waals surface area contributed by atoms with Crippen molar-refractivity contribution in [3.8, 4) is 0 Å². The maximum Gasteiger partial charge on any atom is 0.410 e. The number of carbonyl (C=O) groups excluding carboxylic acids is 1. The van der Waals surface area contributed by atoms with Gasteiger partial charge in [-0.05, 0) is 33.6 Å². The van der Waals surface area contributed by atoms with Crippen molar-refractivity contribution < 1.29 is 9.53 Å². The Balaban J connectivity index is 2.48. The second kappa shape index (κ2) is 5.69. The van der Waals surface area contributed by atoms with Crippen molar-refractivity contribution in [2.45, 2.75) is 45.3 Å². The van der Waals surface area contributed by atoms with Gasteiger partial charge in [0.1, 0.15) is 5.60 Å². The predicted molar refractivity (Wildman–Crippen MR) is 67.7 cm³/mol. The molecule has 1 N–H and O–H groups in total. The quantitative estimate of drug-likeness (QED) is 0.762. The number of likely N-dealkylation sites (tertiary alicyclic amines) is 1. The minimum Gasteiger partial charge on any atom is -0.444 e. The summed E-state index contributed by atoms with van der Waals surface area (Å²) in [7, 11) is 3.90. The molecule has 17 heavy (non-hydrogen) atoms. The molecule has 0 aliphatic carbocycles. The lowest BCUT2D eigenvalue weighted by molar-refractivity contribution is 0.0215. The lowest BCUT2D eigenvalue weighted by Gasteiger charge is -2.29. The Labute approximate surface area is 104 Å². The topological polar surface area (TPSA) is 44.8 Å². The monoisotopic (exact) mass is 243 g/mol. The number of amides is 1. The van der Waals surface area contributed by atoms with Gasteiger partial charge in [-0.1, -0.05) is 0 Å². The molecular formula is C12H25N3O2. The first kappa shape index (κ1) is 14.3. The van der Waals surface area contributed by atoms with Crippen LogP contribution in [0.5, 0.6) is 0 Å². The molecule has 0 saturated carbocycles. The van der Waals surface area contributed by atoms with Gasteiger partial charge < -0.3 is 9.64 Å². The van der Waals surface area contributed by atoms with E-state index in [2.05, 4.69) is 5.43 Å². The van der Waals surface area contributed by atoms with Crippen LogP contribution in [0.4, 0.5) is 4.79 Å². The minimum atomic E-state index is -0.417. The van der Waals surface area contributed by atoms with Crippen LogP contribution < -0.4 is 5.43 Å². The number of hydrogen-bond acceptors (Lipinski definition) is 4. The van der Waals surface area contributed by atoms with Crippen LogP contribution in [-0.4, -0.2) is 54.8 Å². The summed E-state index contributed by atoms with van der Waals surface area (Å²) in [5.41, 5.74) is 2.80. The van der Waals surface area contributed by atoms with Crippen molar-refractivity contribution in [1.82, 2.24) is 15.3 Å². The van der Waals surface area contributed by atoms with Crippen LogP contribution in [0.25, 0.3) is 0 Å². The van der Waals surface area contributed by atoms with Crippen molar-refractivity contribution in [2.75, 3.05) is 27.2 Å². The summed E-state index contributed by atoms with van der Waals surface area (Å²) < 4.78 is 5.40. The molecule has 1 unspecified atom stereocenters. The summed E-state index contributed by atoms with van der Waals surface area (Å²) in [5.74, 6) is 0. The van der Waals surface area contributed by atoms with E-state index in [0.717, 1.165) is 25.9 Å². The van der Waals surface area contributed by atoms with Gasteiger partial charge in [-0.15, -0.1) is 0 Å². The lowest BCUT2D eigenvalue weighted by Crippen LogP contribution is -2.46. The van der Waals surface area contributed by atoms with Gasteiger partial charge >= 0.3 is 6.09 Å². The molecule has 0 radical (unpaired) electrons. The molecule has 1 aliphatic rings. The number of carbonyl (C=O) groups is 1. The zero-order valence-electron chi connectivity index (χ0n) is 11.6. The van der Waals surface area contributed by atoms with Crippen LogP contribution >= 0.6 is 0 Å². The molecule has 1 fully saturated rings. The Hall–Kier alpha value is -0.810. The molecule has 1 heterocycles. The predicted octanol–water partition coefficient (Wildman–Crippen LogP) is 1.45. The Bertz CT molecular complexity index is 261. The van der Waals surface area contributed by atoms with E-state index in [9.17, 15) is 4.79 Å². The molecule has 1 rings (SSSR count). The van der Waals surface area contributed by atoms with E-state index in [4.69, 9.17) is 4.74 Å². The largest absolute Gasteiger partial charge is 0.444 e. The fraction of sp³-hybridized carbons (Fsp3) is 0.917. The van der Waals surface area contributed by atoms with Gasteiger partial charge in [0.15, 0.2) is 0 Å². The molecule has 5 heteroatoms. The molecular weight excluding hydrogens is 218 g/mol. The average molecular weight is 243 g/mol. The number of hydrogen-bond donors (Lipinski definition) is 1. The number of nitrogens with zero attached hydrogens (tertiary/aromatic N) is 2. The van der Waals surface area contributed by atoms with E-state index in [0.29, 0.717) is 0 Å². The van der Waals surface area contributed by atoms with E-state index in [-0.39, 0.29) is 12.1 Å². The SMILES string of the molecule is CN(C)NCC1CCCN1C(=O)OC(C)(C)C. The molecule has 1 aliphatic heterocycles. The van der Waals surface area contributed by atoms with Crippen LogP contribution in [0, 0.1) is 0 Å². The summed E-state index contributed by atoms with van der Waals surface area (Å²) in [6, 6.07) is 0.243. The van der Waals surface area contributed by atoms with E-state index in [1.807, 2.05) is 44.8 Å². The zero-order chi connectivity index (χ0) is 13.1. The molecule has 0 aromatic carbocycles. The van der Waals surface area contributed by atoms with Gasteiger partial charge in [-0.25, -0.2) is 4.79 Å².